The molecule has 13 heteroatoms. The van der Waals surface area contributed by atoms with Gasteiger partial charge in [-0.2, -0.15) is 0 Å². The Labute approximate surface area is 336 Å². The van der Waals surface area contributed by atoms with Crippen LogP contribution in [0.15, 0.2) is 82.6 Å². The number of piperidine rings is 1. The topological polar surface area (TPSA) is 111 Å². The van der Waals surface area contributed by atoms with E-state index in [0.29, 0.717) is 12.1 Å². The number of ether oxygens (including phenoxy) is 1. The van der Waals surface area contributed by atoms with Crippen molar-refractivity contribution in [2.45, 2.75) is 91.8 Å². The van der Waals surface area contributed by atoms with Gasteiger partial charge in [0.15, 0.2) is 5.67 Å². The highest BCUT2D eigenvalue weighted by atomic mass is 32.2. The van der Waals surface area contributed by atoms with Crippen molar-refractivity contribution < 1.29 is 31.5 Å². The third kappa shape index (κ3) is 8.85. The number of nitrogens with one attached hydrogen (secondary N) is 2. The predicted octanol–water partition coefficient (Wildman–Crippen LogP) is 6.60. The molecule has 7 rings (SSSR count). The molecule has 3 aliphatic heterocycles. The van der Waals surface area contributed by atoms with Crippen molar-refractivity contribution in [3.63, 3.8) is 0 Å². The highest BCUT2D eigenvalue weighted by Gasteiger charge is 2.54. The van der Waals surface area contributed by atoms with E-state index in [0.717, 1.165) is 82.5 Å². The summed E-state index contributed by atoms with van der Waals surface area (Å²) in [4.78, 5) is 31.8. The first-order valence-electron chi connectivity index (χ1n) is 20.4. The van der Waals surface area contributed by atoms with Gasteiger partial charge < -0.3 is 25.2 Å². The second-order valence-corrected chi connectivity index (χ2v) is 19.7. The quantitative estimate of drug-likeness (QED) is 0.211. The summed E-state index contributed by atoms with van der Waals surface area (Å²) in [6.07, 6.45) is 5.14. The zero-order valence-corrected chi connectivity index (χ0v) is 34.4. The minimum Gasteiger partial charge on any atom is -0.453 e. The van der Waals surface area contributed by atoms with Gasteiger partial charge >= 0.3 is 6.09 Å². The number of carbonyl (C=O) groups excluding carboxylic acids is 2. The Morgan fingerprint density at radius 2 is 1.51 bits per heavy atom. The molecule has 3 aromatic carbocycles. The molecule has 3 atom stereocenters. The summed E-state index contributed by atoms with van der Waals surface area (Å²) in [7, 11) is -2.44. The number of nitrogens with zero attached hydrogens (tertiary/aromatic N) is 3. The fourth-order valence-electron chi connectivity index (χ4n) is 9.84. The monoisotopic (exact) mass is 805 g/mol. The lowest BCUT2D eigenvalue weighted by molar-refractivity contribution is 0.00584. The van der Waals surface area contributed by atoms with E-state index in [2.05, 4.69) is 26.5 Å². The van der Waals surface area contributed by atoms with Crippen molar-refractivity contribution in [2.24, 2.45) is 11.8 Å². The maximum atomic E-state index is 16.3. The lowest BCUT2D eigenvalue weighted by atomic mass is 9.57. The minimum atomic E-state index is -3.82. The summed E-state index contributed by atoms with van der Waals surface area (Å²) < 4.78 is 63.2. The van der Waals surface area contributed by atoms with Gasteiger partial charge in [-0.05, 0) is 157 Å². The van der Waals surface area contributed by atoms with Gasteiger partial charge in [0.25, 0.3) is 5.91 Å². The number of hydrogen-bond acceptors (Lipinski definition) is 8. The van der Waals surface area contributed by atoms with E-state index < -0.39 is 27.1 Å². The van der Waals surface area contributed by atoms with Gasteiger partial charge in [0.2, 0.25) is 9.84 Å². The van der Waals surface area contributed by atoms with Crippen LogP contribution in [-0.4, -0.2) is 107 Å². The van der Waals surface area contributed by atoms with Crippen LogP contribution >= 0.6 is 0 Å². The summed E-state index contributed by atoms with van der Waals surface area (Å²) in [6.45, 7) is 10.6. The molecule has 10 nitrogen and oxygen atoms in total. The van der Waals surface area contributed by atoms with Crippen LogP contribution < -0.4 is 15.5 Å². The Morgan fingerprint density at radius 3 is 2.09 bits per heavy atom. The average Bonchev–Trinajstić information content (AvgIpc) is 3.61. The highest BCUT2D eigenvalue weighted by molar-refractivity contribution is 7.91. The average molecular weight is 806 g/mol. The first kappa shape index (κ1) is 41.1. The van der Waals surface area contributed by atoms with E-state index in [1.807, 2.05) is 25.7 Å². The highest BCUT2D eigenvalue weighted by Crippen LogP contribution is 2.51. The van der Waals surface area contributed by atoms with Crippen molar-refractivity contribution in [3.8, 4) is 0 Å². The van der Waals surface area contributed by atoms with Crippen LogP contribution in [0, 0.1) is 17.7 Å². The molecule has 3 saturated heterocycles. The van der Waals surface area contributed by atoms with Crippen LogP contribution in [0.5, 0.6) is 0 Å². The maximum absolute atomic E-state index is 16.3. The number of sulfone groups is 1. The van der Waals surface area contributed by atoms with Crippen molar-refractivity contribution in [1.82, 2.24) is 20.4 Å². The third-order valence-electron chi connectivity index (χ3n) is 12.7. The van der Waals surface area contributed by atoms with Gasteiger partial charge in [-0.1, -0.05) is 18.6 Å². The Morgan fingerprint density at radius 1 is 0.860 bits per heavy atom. The molecular weight excluding hydrogens is 749 g/mol. The molecule has 308 valence electrons. The number of alkyl halides is 1. The molecule has 2 N–H and O–H groups in total. The van der Waals surface area contributed by atoms with Crippen LogP contribution in [0.2, 0.25) is 0 Å². The molecular formula is C44H57F2N5O5S. The zero-order chi connectivity index (χ0) is 40.6. The van der Waals surface area contributed by atoms with E-state index in [-0.39, 0.29) is 57.9 Å². The van der Waals surface area contributed by atoms with Crippen LogP contribution in [0.3, 0.4) is 0 Å². The second kappa shape index (κ2) is 16.3. The smallest absolute Gasteiger partial charge is 0.407 e. The van der Waals surface area contributed by atoms with E-state index in [1.54, 1.807) is 36.4 Å². The van der Waals surface area contributed by atoms with Gasteiger partial charge in [0.05, 0.1) is 30.0 Å². The second-order valence-electron chi connectivity index (χ2n) is 17.7. The SMILES string of the molecule is COC(=O)N[C@H]1CCC[C@@H]1C(CN1CCC1)(c1cccc(F)c1)C1CCN(CC2(F)CN(c3ccc(S(=O)(=O)c4ccc(C(=O)NC(C)(C)C)cc4)cc3)C2)CC1. The third-order valence-corrected chi connectivity index (χ3v) is 14.4. The summed E-state index contributed by atoms with van der Waals surface area (Å²) in [5.74, 6) is -0.206. The molecule has 0 bridgehead atoms. The number of amides is 2. The normalized spacial score (nSPS) is 22.9. The summed E-state index contributed by atoms with van der Waals surface area (Å²) in [5.41, 5.74) is -0.0836. The molecule has 1 aliphatic carbocycles. The fourth-order valence-corrected chi connectivity index (χ4v) is 11.1. The van der Waals surface area contributed by atoms with Crippen molar-refractivity contribution in [1.29, 1.82) is 0 Å². The number of rotatable bonds is 12. The summed E-state index contributed by atoms with van der Waals surface area (Å²) in [6, 6.07) is 19.4. The largest absolute Gasteiger partial charge is 0.453 e. The van der Waals surface area contributed by atoms with Gasteiger partial charge in [-0.25, -0.2) is 22.0 Å². The van der Waals surface area contributed by atoms with E-state index in [1.165, 1.54) is 37.4 Å². The number of alkyl carbamates (subject to hydrolysis) is 1. The summed E-state index contributed by atoms with van der Waals surface area (Å²) in [5, 5.41) is 6.01. The molecule has 4 aliphatic rings. The molecule has 3 heterocycles. The Kier molecular flexibility index (Phi) is 11.7. The van der Waals surface area contributed by atoms with E-state index >= 15 is 8.78 Å². The maximum Gasteiger partial charge on any atom is 0.407 e. The Bertz CT molecular complexity index is 2010. The number of carbonyl (C=O) groups is 2. The molecule has 1 unspecified atom stereocenters. The molecule has 0 aromatic heterocycles. The lowest BCUT2D eigenvalue weighted by Gasteiger charge is -2.54. The first-order chi connectivity index (χ1) is 27.1. The molecule has 0 spiro atoms. The number of likely N-dealkylation sites (tertiary alicyclic amines) is 2. The van der Waals surface area contributed by atoms with Crippen molar-refractivity contribution in [3.05, 3.63) is 89.7 Å². The van der Waals surface area contributed by atoms with Gasteiger partial charge in [0.1, 0.15) is 5.82 Å². The van der Waals surface area contributed by atoms with Crippen LogP contribution in [0.1, 0.15) is 75.2 Å². The molecule has 57 heavy (non-hydrogen) atoms. The van der Waals surface area contributed by atoms with Crippen molar-refractivity contribution in [2.75, 3.05) is 64.4 Å². The van der Waals surface area contributed by atoms with Crippen LogP contribution in [0.4, 0.5) is 19.3 Å². The van der Waals surface area contributed by atoms with Crippen LogP contribution in [0.25, 0.3) is 0 Å². The Hall–Kier alpha value is -4.07. The molecule has 2 amide bonds. The number of anilines is 1. The van der Waals surface area contributed by atoms with Gasteiger partial charge in [-0.3, -0.25) is 9.69 Å². The molecule has 1 saturated carbocycles. The number of benzene rings is 3. The zero-order valence-electron chi connectivity index (χ0n) is 33.6. The standard InChI is InChI=1S/C44H57F2N5O5S/c1-42(2,3)48-40(52)31-12-16-36(17-13-31)57(54,55)37-18-14-35(15-19-37)51-28-43(46,29-51)27-50-24-20-32(21-25-50)44(30-49-22-7-23-49,33-8-5-9-34(45)26-33)38-10-6-11-39(38)47-41(53)56-4/h5,8-9,12-19,26,32,38-39H,6-7,10-11,20-25,27-30H2,1-4H3,(H,47,53)(H,48,52)/t38-,39-,44?/m0/s1. The number of hydrogen-bond donors (Lipinski definition) is 2. The van der Waals surface area contributed by atoms with Gasteiger partial charge in [-0.15, -0.1) is 0 Å². The molecule has 3 aromatic rings. The number of methoxy groups -OCH3 is 1. The lowest BCUT2D eigenvalue weighted by Crippen LogP contribution is -2.65. The van der Waals surface area contributed by atoms with Gasteiger partial charge in [0, 0.05) is 41.3 Å². The van der Waals surface area contributed by atoms with E-state index in [9.17, 15) is 18.0 Å². The van der Waals surface area contributed by atoms with Crippen molar-refractivity contribution >= 4 is 27.5 Å². The van der Waals surface area contributed by atoms with E-state index in [4.69, 9.17) is 4.74 Å². The minimum absolute atomic E-state index is 0.0798. The van der Waals surface area contributed by atoms with Crippen LogP contribution in [-0.2, 0) is 20.0 Å². The molecule has 4 fully saturated rings. The fraction of sp³-hybridized carbons (Fsp3) is 0.545. The molecule has 0 radical (unpaired) electrons. The first-order valence-corrected chi connectivity index (χ1v) is 21.8. The Balaban J connectivity index is 0.993. The number of halogens is 2. The summed E-state index contributed by atoms with van der Waals surface area (Å²) >= 11 is 0. The predicted molar refractivity (Wildman–Crippen MR) is 217 cm³/mol.